The van der Waals surface area contributed by atoms with Crippen LogP contribution in [0.2, 0.25) is 0 Å². The molecule has 19 nitrogen and oxygen atoms in total. The summed E-state index contributed by atoms with van der Waals surface area (Å²) in [5.74, 6) is -0.246. The number of aliphatic hydroxyl groups excluding tert-OH is 11. The molecule has 3 aliphatic heterocycles. The third kappa shape index (κ3) is 20.4. The highest BCUT2D eigenvalue weighted by Crippen LogP contribution is 2.33. The molecule has 0 aromatic heterocycles. The van der Waals surface area contributed by atoms with Crippen molar-refractivity contribution in [3.05, 3.63) is 0 Å². The second-order valence-electron chi connectivity index (χ2n) is 19.0. The molecule has 19 heteroatoms. The lowest BCUT2D eigenvalue weighted by Gasteiger charge is -2.48. The van der Waals surface area contributed by atoms with Crippen LogP contribution in [0.3, 0.4) is 0 Å². The molecule has 3 heterocycles. The molecule has 3 saturated heterocycles. The molecule has 67 heavy (non-hydrogen) atoms. The molecule has 3 rings (SSSR count). The van der Waals surface area contributed by atoms with Crippen LogP contribution >= 0.6 is 0 Å². The van der Waals surface area contributed by atoms with E-state index in [2.05, 4.69) is 19.2 Å². The number of hydrogen-bond donors (Lipinski definition) is 12. The van der Waals surface area contributed by atoms with Crippen molar-refractivity contribution in [1.29, 1.82) is 0 Å². The molecule has 0 aromatic rings. The second kappa shape index (κ2) is 34.2. The Morgan fingerprint density at radius 1 is 0.478 bits per heavy atom. The zero-order valence-corrected chi connectivity index (χ0v) is 40.4. The highest BCUT2D eigenvalue weighted by atomic mass is 16.8. The molecule has 0 bridgehead atoms. The Kier molecular flexibility index (Phi) is 30.7. The summed E-state index contributed by atoms with van der Waals surface area (Å²) in [4.78, 5) is 13.2. The highest BCUT2D eigenvalue weighted by molar-refractivity contribution is 5.76. The summed E-state index contributed by atoms with van der Waals surface area (Å²) in [6.45, 7) is 1.72. The Labute approximate surface area is 398 Å². The van der Waals surface area contributed by atoms with E-state index < -0.39 is 124 Å². The van der Waals surface area contributed by atoms with E-state index in [-0.39, 0.29) is 18.9 Å². The maximum absolute atomic E-state index is 13.2. The Balaban J connectivity index is 1.53. The molecule has 17 unspecified atom stereocenters. The fourth-order valence-electron chi connectivity index (χ4n) is 9.08. The van der Waals surface area contributed by atoms with E-state index in [4.69, 9.17) is 28.4 Å². The minimum Gasteiger partial charge on any atom is -0.394 e. The summed E-state index contributed by atoms with van der Waals surface area (Å²) in [6, 6.07) is -0.876. The molecule has 0 radical (unpaired) electrons. The lowest BCUT2D eigenvalue weighted by Crippen LogP contribution is -2.66. The summed E-state index contributed by atoms with van der Waals surface area (Å²) < 4.78 is 34.1. The molecular weight excluding hydrogens is 879 g/mol. The van der Waals surface area contributed by atoms with E-state index in [1.54, 1.807) is 0 Å². The minimum atomic E-state index is -1.97. The molecule has 0 aromatic carbocycles. The van der Waals surface area contributed by atoms with Crippen LogP contribution in [0.15, 0.2) is 0 Å². The molecule has 0 spiro atoms. The van der Waals surface area contributed by atoms with Gasteiger partial charge in [0.2, 0.25) is 5.91 Å². The number of carbonyl (C=O) groups is 1. The average molecular weight is 970 g/mol. The van der Waals surface area contributed by atoms with Gasteiger partial charge in [0.15, 0.2) is 18.9 Å². The third-order valence-electron chi connectivity index (χ3n) is 13.4. The van der Waals surface area contributed by atoms with Crippen molar-refractivity contribution < 1.29 is 89.4 Å². The first-order chi connectivity index (χ1) is 32.3. The van der Waals surface area contributed by atoms with Gasteiger partial charge in [0, 0.05) is 6.42 Å². The van der Waals surface area contributed by atoms with E-state index in [1.165, 1.54) is 89.9 Å². The highest BCUT2D eigenvalue weighted by Gasteiger charge is 2.53. The number of nitrogens with one attached hydrogen (secondary N) is 1. The summed E-state index contributed by atoms with van der Waals surface area (Å²) in [7, 11) is 0. The van der Waals surface area contributed by atoms with Crippen LogP contribution in [-0.4, -0.2) is 193 Å². The maximum atomic E-state index is 13.2. The Morgan fingerprint density at radius 2 is 0.851 bits per heavy atom. The number of aliphatic hydroxyl groups is 11. The predicted octanol–water partition coefficient (Wildman–Crippen LogP) is 1.70. The van der Waals surface area contributed by atoms with Gasteiger partial charge in [-0.15, -0.1) is 0 Å². The van der Waals surface area contributed by atoms with Crippen LogP contribution in [0.25, 0.3) is 0 Å². The predicted molar refractivity (Wildman–Crippen MR) is 245 cm³/mol. The van der Waals surface area contributed by atoms with Gasteiger partial charge >= 0.3 is 0 Å². The Bertz CT molecular complexity index is 1250. The molecule has 3 aliphatic rings. The molecule has 3 fully saturated rings. The first-order valence-electron chi connectivity index (χ1n) is 25.8. The zero-order chi connectivity index (χ0) is 49.1. The summed E-state index contributed by atoms with van der Waals surface area (Å²) in [5.41, 5.74) is 0. The lowest BCUT2D eigenvalue weighted by atomic mass is 9.96. The van der Waals surface area contributed by atoms with Crippen molar-refractivity contribution in [3.63, 3.8) is 0 Å². The molecule has 396 valence electrons. The van der Waals surface area contributed by atoms with Crippen LogP contribution in [0, 0.1) is 0 Å². The second-order valence-corrected chi connectivity index (χ2v) is 19.0. The fraction of sp³-hybridized carbons (Fsp3) is 0.979. The quantitative estimate of drug-likeness (QED) is 0.0398. The van der Waals surface area contributed by atoms with Gasteiger partial charge in [-0.2, -0.15) is 0 Å². The third-order valence-corrected chi connectivity index (χ3v) is 13.4. The Hall–Kier alpha value is -1.21. The van der Waals surface area contributed by atoms with Crippen molar-refractivity contribution in [2.45, 2.75) is 272 Å². The molecule has 1 amide bonds. The lowest BCUT2D eigenvalue weighted by molar-refractivity contribution is -0.379. The zero-order valence-electron chi connectivity index (χ0n) is 40.4. The van der Waals surface area contributed by atoms with Gasteiger partial charge in [0.25, 0.3) is 0 Å². The van der Waals surface area contributed by atoms with Crippen molar-refractivity contribution >= 4 is 5.91 Å². The summed E-state index contributed by atoms with van der Waals surface area (Å²) >= 11 is 0. The van der Waals surface area contributed by atoms with E-state index in [1.807, 2.05) is 0 Å². The largest absolute Gasteiger partial charge is 0.394 e. The normalized spacial score (nSPS) is 33.4. The van der Waals surface area contributed by atoms with Gasteiger partial charge in [-0.3, -0.25) is 4.79 Å². The van der Waals surface area contributed by atoms with Crippen molar-refractivity contribution in [2.75, 3.05) is 26.4 Å². The van der Waals surface area contributed by atoms with E-state index in [9.17, 15) is 61.0 Å². The van der Waals surface area contributed by atoms with E-state index in [0.717, 1.165) is 44.9 Å². The monoisotopic (exact) mass is 970 g/mol. The van der Waals surface area contributed by atoms with Gasteiger partial charge < -0.3 is 89.9 Å². The SMILES string of the molecule is CCCCCCCCCCCCCCCCC(=O)NC(COC1OC(CO)C(OC2OC(CO)C(OC3OC(CO)C(O)C(O)C3O)C(O)C2O)C(O)C1O)C(O)CCCCCCCCCC. The van der Waals surface area contributed by atoms with Crippen LogP contribution in [-0.2, 0) is 33.2 Å². The number of carbonyl (C=O) groups excluding carboxylic acids is 1. The number of ether oxygens (including phenoxy) is 6. The van der Waals surface area contributed by atoms with Crippen LogP contribution < -0.4 is 5.32 Å². The molecular formula is C48H91NO18. The molecule has 0 aliphatic carbocycles. The van der Waals surface area contributed by atoms with Gasteiger partial charge in [-0.25, -0.2) is 0 Å². The van der Waals surface area contributed by atoms with Crippen LogP contribution in [0.4, 0.5) is 0 Å². The first-order valence-corrected chi connectivity index (χ1v) is 25.8. The van der Waals surface area contributed by atoms with Crippen LogP contribution in [0.1, 0.15) is 168 Å². The maximum Gasteiger partial charge on any atom is 0.220 e. The van der Waals surface area contributed by atoms with Crippen molar-refractivity contribution in [2.24, 2.45) is 0 Å². The topological polar surface area (TPSA) is 307 Å². The van der Waals surface area contributed by atoms with Gasteiger partial charge in [0.1, 0.15) is 73.2 Å². The van der Waals surface area contributed by atoms with E-state index in [0.29, 0.717) is 12.8 Å². The fourth-order valence-corrected chi connectivity index (χ4v) is 9.08. The molecule has 0 saturated carbocycles. The number of unbranched alkanes of at least 4 members (excludes halogenated alkanes) is 20. The summed E-state index contributed by atoms with van der Waals surface area (Å²) in [6.07, 6.45) is -0.520. The summed E-state index contributed by atoms with van der Waals surface area (Å²) in [5, 5.41) is 119. The van der Waals surface area contributed by atoms with Crippen LogP contribution in [0.5, 0.6) is 0 Å². The van der Waals surface area contributed by atoms with E-state index >= 15 is 0 Å². The smallest absolute Gasteiger partial charge is 0.220 e. The average Bonchev–Trinajstić information content (AvgIpc) is 3.32. The number of amides is 1. The minimum absolute atomic E-state index is 0.246. The molecule has 17 atom stereocenters. The van der Waals surface area contributed by atoms with Gasteiger partial charge in [-0.1, -0.05) is 149 Å². The number of hydrogen-bond acceptors (Lipinski definition) is 18. The first kappa shape index (κ1) is 60.1. The van der Waals surface area contributed by atoms with Gasteiger partial charge in [0.05, 0.1) is 38.6 Å². The Morgan fingerprint density at radius 3 is 1.30 bits per heavy atom. The van der Waals surface area contributed by atoms with Crippen molar-refractivity contribution in [3.8, 4) is 0 Å². The number of rotatable bonds is 36. The molecule has 12 N–H and O–H groups in total. The van der Waals surface area contributed by atoms with Crippen molar-refractivity contribution in [1.82, 2.24) is 5.32 Å². The standard InChI is InChI=1S/C48H91NO18/c1-3-5-7-9-11-13-14-15-16-17-18-20-22-24-26-36(54)49-31(32(53)25-23-21-19-12-10-8-6-4-2)30-62-46-42(60)39(57)44(34(28-51)64-46)67-48-43(61)40(58)45(35(29-52)65-48)66-47-41(59)38(56)37(55)33(27-50)63-47/h31-35,37-48,50-53,55-61H,3-30H2,1-2H3,(H,49,54). The van der Waals surface area contributed by atoms with Gasteiger partial charge in [-0.05, 0) is 12.8 Å².